The highest BCUT2D eigenvalue weighted by atomic mass is 16.5. The number of aromatic amines is 1. The molecular weight excluding hydrogens is 260 g/mol. The minimum Gasteiger partial charge on any atom is -0.383 e. The second-order valence-corrected chi connectivity index (χ2v) is 5.51. The van der Waals surface area contributed by atoms with Crippen molar-refractivity contribution in [3.05, 3.63) is 20.8 Å². The molecule has 1 unspecified atom stereocenters. The van der Waals surface area contributed by atoms with Crippen molar-refractivity contribution in [2.24, 2.45) is 0 Å². The number of rotatable bonds is 5. The second kappa shape index (κ2) is 5.70. The quantitative estimate of drug-likeness (QED) is 0.730. The standard InChI is InChI=1S/C13H22N4O3/c1-3-4-6-17-10(14)9(11(18)15-12(17)19)16-13(2)5-7-20-8-13/h16H,3-8,14H2,1-2H3,(H,15,18,19). The molecule has 0 aliphatic carbocycles. The van der Waals surface area contributed by atoms with E-state index in [2.05, 4.69) is 10.3 Å². The average Bonchev–Trinajstić information content (AvgIpc) is 2.81. The van der Waals surface area contributed by atoms with Crippen LogP contribution in [0.5, 0.6) is 0 Å². The summed E-state index contributed by atoms with van der Waals surface area (Å²) in [5.41, 5.74) is 5.00. The van der Waals surface area contributed by atoms with Crippen molar-refractivity contribution in [1.82, 2.24) is 9.55 Å². The van der Waals surface area contributed by atoms with E-state index in [0.717, 1.165) is 19.3 Å². The molecule has 1 atom stereocenters. The van der Waals surface area contributed by atoms with Gasteiger partial charge in [0.15, 0.2) is 0 Å². The summed E-state index contributed by atoms with van der Waals surface area (Å²) in [4.78, 5) is 26.1. The fraction of sp³-hybridized carbons (Fsp3) is 0.692. The van der Waals surface area contributed by atoms with Crippen molar-refractivity contribution in [3.8, 4) is 0 Å². The minimum absolute atomic E-state index is 0.195. The minimum atomic E-state index is -0.478. The normalized spacial score (nSPS) is 22.1. The van der Waals surface area contributed by atoms with Crippen molar-refractivity contribution < 1.29 is 4.74 Å². The van der Waals surface area contributed by atoms with Gasteiger partial charge in [0.25, 0.3) is 5.56 Å². The summed E-state index contributed by atoms with van der Waals surface area (Å²) < 4.78 is 6.76. The van der Waals surface area contributed by atoms with Crippen LogP contribution in [0, 0.1) is 0 Å². The lowest BCUT2D eigenvalue weighted by Gasteiger charge is -2.25. The summed E-state index contributed by atoms with van der Waals surface area (Å²) >= 11 is 0. The van der Waals surface area contributed by atoms with Gasteiger partial charge in [0.05, 0.1) is 12.1 Å². The maximum absolute atomic E-state index is 12.0. The molecule has 1 saturated heterocycles. The number of ether oxygens (including phenoxy) is 1. The third-order valence-electron chi connectivity index (χ3n) is 3.62. The molecular formula is C13H22N4O3. The smallest absolute Gasteiger partial charge is 0.330 e. The molecule has 1 aliphatic heterocycles. The first-order valence-electron chi connectivity index (χ1n) is 6.95. The molecule has 4 N–H and O–H groups in total. The molecule has 1 aromatic rings. The largest absolute Gasteiger partial charge is 0.383 e. The highest BCUT2D eigenvalue weighted by Gasteiger charge is 2.31. The Morgan fingerprint density at radius 1 is 1.50 bits per heavy atom. The van der Waals surface area contributed by atoms with E-state index in [9.17, 15) is 9.59 Å². The summed E-state index contributed by atoms with van der Waals surface area (Å²) in [6, 6.07) is 0. The monoisotopic (exact) mass is 282 g/mol. The molecule has 1 aliphatic rings. The van der Waals surface area contributed by atoms with Crippen molar-refractivity contribution in [2.45, 2.75) is 45.2 Å². The molecule has 112 valence electrons. The fourth-order valence-corrected chi connectivity index (χ4v) is 2.31. The van der Waals surface area contributed by atoms with E-state index in [1.807, 2.05) is 13.8 Å². The Balaban J connectivity index is 2.37. The molecule has 2 rings (SSSR count). The topological polar surface area (TPSA) is 102 Å². The number of hydrogen-bond acceptors (Lipinski definition) is 5. The van der Waals surface area contributed by atoms with E-state index >= 15 is 0 Å². The number of aromatic nitrogens is 2. The Morgan fingerprint density at radius 2 is 2.25 bits per heavy atom. The molecule has 1 fully saturated rings. The maximum atomic E-state index is 12.0. The first kappa shape index (κ1) is 14.6. The zero-order valence-corrected chi connectivity index (χ0v) is 12.0. The number of unbranched alkanes of at least 4 members (excludes halogenated alkanes) is 1. The molecule has 2 heterocycles. The van der Waals surface area contributed by atoms with Crippen molar-refractivity contribution >= 4 is 11.5 Å². The Morgan fingerprint density at radius 3 is 2.85 bits per heavy atom. The highest BCUT2D eigenvalue weighted by Crippen LogP contribution is 2.24. The van der Waals surface area contributed by atoms with Crippen LogP contribution in [0.4, 0.5) is 11.5 Å². The van der Waals surface area contributed by atoms with Crippen LogP contribution in [0.15, 0.2) is 9.59 Å². The van der Waals surface area contributed by atoms with Gasteiger partial charge in [-0.1, -0.05) is 13.3 Å². The lowest BCUT2D eigenvalue weighted by molar-refractivity contribution is 0.185. The maximum Gasteiger partial charge on any atom is 0.330 e. The van der Waals surface area contributed by atoms with Crippen molar-refractivity contribution in [2.75, 3.05) is 24.3 Å². The Kier molecular flexibility index (Phi) is 4.17. The van der Waals surface area contributed by atoms with E-state index in [0.29, 0.717) is 19.8 Å². The highest BCUT2D eigenvalue weighted by molar-refractivity contribution is 5.61. The van der Waals surface area contributed by atoms with E-state index in [1.54, 1.807) is 0 Å². The number of nitrogens with one attached hydrogen (secondary N) is 2. The van der Waals surface area contributed by atoms with E-state index in [4.69, 9.17) is 10.5 Å². The Bertz CT molecular complexity index is 584. The van der Waals surface area contributed by atoms with Crippen molar-refractivity contribution in [3.63, 3.8) is 0 Å². The number of H-pyrrole nitrogens is 1. The van der Waals surface area contributed by atoms with E-state index < -0.39 is 11.2 Å². The van der Waals surface area contributed by atoms with Crippen LogP contribution in [0.25, 0.3) is 0 Å². The fourth-order valence-electron chi connectivity index (χ4n) is 2.31. The molecule has 0 saturated carbocycles. The van der Waals surface area contributed by atoms with Gasteiger partial charge >= 0.3 is 5.69 Å². The van der Waals surface area contributed by atoms with Crippen LogP contribution in [-0.2, 0) is 11.3 Å². The molecule has 7 heteroatoms. The number of nitrogens with two attached hydrogens (primary N) is 1. The number of nitrogen functional groups attached to an aromatic ring is 1. The lowest BCUT2D eigenvalue weighted by Crippen LogP contribution is -2.41. The Hall–Kier alpha value is -1.76. The molecule has 0 aromatic carbocycles. The zero-order chi connectivity index (χ0) is 14.8. The van der Waals surface area contributed by atoms with Crippen LogP contribution >= 0.6 is 0 Å². The summed E-state index contributed by atoms with van der Waals surface area (Å²) in [7, 11) is 0. The van der Waals surface area contributed by atoms with Gasteiger partial charge in [-0.2, -0.15) is 0 Å². The SMILES string of the molecule is CCCCn1c(N)c(NC2(C)CCOC2)c(=O)[nH]c1=O. The molecule has 20 heavy (non-hydrogen) atoms. The number of anilines is 2. The van der Waals surface area contributed by atoms with Gasteiger partial charge < -0.3 is 15.8 Å². The van der Waals surface area contributed by atoms with E-state index in [1.165, 1.54) is 4.57 Å². The second-order valence-electron chi connectivity index (χ2n) is 5.51. The van der Waals surface area contributed by atoms with Gasteiger partial charge in [-0.25, -0.2) is 4.79 Å². The summed E-state index contributed by atoms with van der Waals surface area (Å²) in [6.07, 6.45) is 2.56. The van der Waals surface area contributed by atoms with Crippen molar-refractivity contribution in [1.29, 1.82) is 0 Å². The first-order chi connectivity index (χ1) is 9.47. The predicted molar refractivity (Wildman–Crippen MR) is 78.1 cm³/mol. The summed E-state index contributed by atoms with van der Waals surface area (Å²) in [5.74, 6) is 0.195. The molecule has 0 amide bonds. The van der Waals surface area contributed by atoms with Gasteiger partial charge in [-0.3, -0.25) is 14.3 Å². The average molecular weight is 282 g/mol. The van der Waals surface area contributed by atoms with Crippen LogP contribution in [0.3, 0.4) is 0 Å². The van der Waals surface area contributed by atoms with Gasteiger partial charge in [0.1, 0.15) is 11.5 Å². The molecule has 0 radical (unpaired) electrons. The summed E-state index contributed by atoms with van der Waals surface area (Å²) in [6.45, 7) is 5.67. The first-order valence-corrected chi connectivity index (χ1v) is 6.95. The lowest BCUT2D eigenvalue weighted by atomic mass is 10.0. The number of hydrogen-bond donors (Lipinski definition) is 3. The summed E-state index contributed by atoms with van der Waals surface area (Å²) in [5, 5.41) is 3.14. The zero-order valence-electron chi connectivity index (χ0n) is 12.0. The van der Waals surface area contributed by atoms with Crippen LogP contribution in [0.1, 0.15) is 33.1 Å². The molecule has 7 nitrogen and oxygen atoms in total. The molecule has 0 bridgehead atoms. The predicted octanol–water partition coefficient (Wildman–Crippen LogP) is 0.510. The molecule has 0 spiro atoms. The van der Waals surface area contributed by atoms with Crippen LogP contribution < -0.4 is 22.3 Å². The van der Waals surface area contributed by atoms with Crippen LogP contribution in [0.2, 0.25) is 0 Å². The third-order valence-corrected chi connectivity index (χ3v) is 3.62. The van der Waals surface area contributed by atoms with E-state index in [-0.39, 0.29) is 17.0 Å². The Labute approximate surface area is 117 Å². The third kappa shape index (κ3) is 2.87. The van der Waals surface area contributed by atoms with Gasteiger partial charge in [0, 0.05) is 13.2 Å². The van der Waals surface area contributed by atoms with Gasteiger partial charge in [0.2, 0.25) is 0 Å². The van der Waals surface area contributed by atoms with Gasteiger partial charge in [-0.05, 0) is 19.8 Å². The van der Waals surface area contributed by atoms with Gasteiger partial charge in [-0.15, -0.1) is 0 Å². The molecule has 1 aromatic heterocycles. The van der Waals surface area contributed by atoms with Crippen LogP contribution in [-0.4, -0.2) is 28.3 Å². The number of nitrogens with zero attached hydrogens (tertiary/aromatic N) is 1.